The van der Waals surface area contributed by atoms with Crippen LogP contribution in [-0.4, -0.2) is 20.9 Å². The van der Waals surface area contributed by atoms with Gasteiger partial charge in [0.25, 0.3) is 0 Å². The first kappa shape index (κ1) is 13.7. The van der Waals surface area contributed by atoms with Gasteiger partial charge in [0.1, 0.15) is 5.82 Å². The van der Waals surface area contributed by atoms with Crippen LogP contribution in [-0.2, 0) is 18.3 Å². The van der Waals surface area contributed by atoms with Crippen molar-refractivity contribution >= 4 is 21.9 Å². The molecule has 4 nitrogen and oxygen atoms in total. The topological polar surface area (TPSA) is 55.1 Å². The zero-order valence-corrected chi connectivity index (χ0v) is 11.8. The molecule has 2 rings (SSSR count). The molecule has 1 aromatic heterocycles. The minimum atomic E-state index is -0.871. The van der Waals surface area contributed by atoms with Gasteiger partial charge >= 0.3 is 5.97 Å². The second kappa shape index (κ2) is 5.52. The second-order valence-electron chi connectivity index (χ2n) is 4.14. The van der Waals surface area contributed by atoms with E-state index in [2.05, 4.69) is 21.0 Å². The van der Waals surface area contributed by atoms with Crippen LogP contribution in [0.3, 0.4) is 0 Å². The van der Waals surface area contributed by atoms with Gasteiger partial charge in [0.15, 0.2) is 0 Å². The first-order valence-electron chi connectivity index (χ1n) is 5.68. The van der Waals surface area contributed by atoms with Gasteiger partial charge in [-0.05, 0) is 28.1 Å². The Hall–Kier alpha value is -1.69. The largest absolute Gasteiger partial charge is 0.481 e. The molecule has 1 aromatic carbocycles. The molecule has 0 saturated heterocycles. The van der Waals surface area contributed by atoms with Crippen molar-refractivity contribution in [1.82, 2.24) is 9.78 Å². The Morgan fingerprint density at radius 1 is 1.53 bits per heavy atom. The van der Waals surface area contributed by atoms with Crippen molar-refractivity contribution in [2.24, 2.45) is 7.05 Å². The lowest BCUT2D eigenvalue weighted by Gasteiger charge is -2.03. The summed E-state index contributed by atoms with van der Waals surface area (Å²) in [7, 11) is 1.75. The summed E-state index contributed by atoms with van der Waals surface area (Å²) in [5, 5.41) is 13.0. The molecule has 0 bridgehead atoms. The average molecular weight is 327 g/mol. The van der Waals surface area contributed by atoms with Crippen LogP contribution in [0.15, 0.2) is 28.7 Å². The van der Waals surface area contributed by atoms with E-state index in [1.54, 1.807) is 23.9 Å². The number of nitrogens with zero attached hydrogens (tertiary/aromatic N) is 2. The summed E-state index contributed by atoms with van der Waals surface area (Å²) in [5.41, 5.74) is 2.09. The number of aromatic nitrogens is 2. The van der Waals surface area contributed by atoms with Crippen LogP contribution >= 0.6 is 15.9 Å². The lowest BCUT2D eigenvalue weighted by atomic mass is 10.1. The van der Waals surface area contributed by atoms with E-state index >= 15 is 0 Å². The minimum absolute atomic E-state index is 0.0121. The number of hydrogen-bond donors (Lipinski definition) is 1. The molecule has 1 heterocycles. The summed E-state index contributed by atoms with van der Waals surface area (Å²) >= 11 is 3.41. The minimum Gasteiger partial charge on any atom is -0.481 e. The molecule has 0 amide bonds. The number of rotatable bonds is 4. The predicted molar refractivity (Wildman–Crippen MR) is 72.3 cm³/mol. The zero-order valence-electron chi connectivity index (χ0n) is 10.2. The van der Waals surface area contributed by atoms with E-state index in [0.29, 0.717) is 22.2 Å². The number of hydrogen-bond acceptors (Lipinski definition) is 2. The molecule has 0 atom stereocenters. The molecule has 19 heavy (non-hydrogen) atoms. The molecule has 0 radical (unpaired) electrons. The number of aryl methyl sites for hydroxylation is 2. The van der Waals surface area contributed by atoms with Gasteiger partial charge in [0.2, 0.25) is 0 Å². The van der Waals surface area contributed by atoms with Crippen molar-refractivity contribution in [3.05, 3.63) is 40.2 Å². The van der Waals surface area contributed by atoms with E-state index < -0.39 is 5.97 Å². The lowest BCUT2D eigenvalue weighted by molar-refractivity contribution is -0.136. The molecular formula is C13H12BrFN2O2. The lowest BCUT2D eigenvalue weighted by Crippen LogP contribution is -1.99. The number of carboxylic acids is 1. The summed E-state index contributed by atoms with van der Waals surface area (Å²) in [6.45, 7) is 0. The standard InChI is InChI=1S/C13H12BrFN2O2/c1-17-13(8-3-2-4-9(15)7-8)12(14)10(16-17)5-6-11(18)19/h2-4,7H,5-6H2,1H3,(H,18,19). The fourth-order valence-electron chi connectivity index (χ4n) is 1.89. The van der Waals surface area contributed by atoms with Crippen molar-refractivity contribution in [3.63, 3.8) is 0 Å². The van der Waals surface area contributed by atoms with E-state index in [0.717, 1.165) is 5.69 Å². The summed E-state index contributed by atoms with van der Waals surface area (Å²) in [5.74, 6) is -1.19. The number of benzene rings is 1. The molecule has 0 aliphatic heterocycles. The van der Waals surface area contributed by atoms with Crippen LogP contribution in [0.2, 0.25) is 0 Å². The third-order valence-electron chi connectivity index (χ3n) is 2.73. The third kappa shape index (κ3) is 3.01. The predicted octanol–water partition coefficient (Wildman–Crippen LogP) is 3.01. The van der Waals surface area contributed by atoms with Crippen LogP contribution in [0, 0.1) is 5.82 Å². The molecule has 2 aromatic rings. The molecule has 0 aliphatic rings. The van der Waals surface area contributed by atoms with Gasteiger partial charge in [-0.2, -0.15) is 5.10 Å². The molecule has 0 fully saturated rings. The first-order chi connectivity index (χ1) is 8.99. The van der Waals surface area contributed by atoms with Gasteiger partial charge in [0.05, 0.1) is 22.3 Å². The first-order valence-corrected chi connectivity index (χ1v) is 6.47. The smallest absolute Gasteiger partial charge is 0.303 e. The molecular weight excluding hydrogens is 315 g/mol. The maximum Gasteiger partial charge on any atom is 0.303 e. The van der Waals surface area contributed by atoms with Crippen LogP contribution < -0.4 is 0 Å². The Morgan fingerprint density at radius 3 is 2.89 bits per heavy atom. The van der Waals surface area contributed by atoms with Gasteiger partial charge in [-0.1, -0.05) is 12.1 Å². The number of halogens is 2. The van der Waals surface area contributed by atoms with E-state index in [1.165, 1.54) is 12.1 Å². The Bertz CT molecular complexity index is 625. The highest BCUT2D eigenvalue weighted by Crippen LogP contribution is 2.31. The van der Waals surface area contributed by atoms with Crippen molar-refractivity contribution in [2.45, 2.75) is 12.8 Å². The van der Waals surface area contributed by atoms with Crippen LogP contribution in [0.5, 0.6) is 0 Å². The van der Waals surface area contributed by atoms with E-state index in [1.807, 2.05) is 0 Å². The number of aliphatic carboxylic acids is 1. The van der Waals surface area contributed by atoms with Gasteiger partial charge < -0.3 is 5.11 Å². The maximum absolute atomic E-state index is 13.3. The Kier molecular flexibility index (Phi) is 3.99. The zero-order chi connectivity index (χ0) is 14.0. The van der Waals surface area contributed by atoms with Crippen LogP contribution in [0.1, 0.15) is 12.1 Å². The summed E-state index contributed by atoms with van der Waals surface area (Å²) in [6.07, 6.45) is 0.345. The van der Waals surface area contributed by atoms with Gasteiger partial charge in [0, 0.05) is 19.0 Å². The van der Waals surface area contributed by atoms with Crippen molar-refractivity contribution in [3.8, 4) is 11.3 Å². The van der Waals surface area contributed by atoms with Gasteiger partial charge in [-0.25, -0.2) is 4.39 Å². The molecule has 0 spiro atoms. The molecule has 0 unspecified atom stereocenters. The normalized spacial score (nSPS) is 10.7. The maximum atomic E-state index is 13.3. The van der Waals surface area contributed by atoms with Crippen LogP contribution in [0.25, 0.3) is 11.3 Å². The van der Waals surface area contributed by atoms with Crippen molar-refractivity contribution in [2.75, 3.05) is 0 Å². The third-order valence-corrected chi connectivity index (χ3v) is 3.56. The molecule has 0 aliphatic carbocycles. The average Bonchev–Trinajstić information content (AvgIpc) is 2.62. The number of carboxylic acid groups (broad SMARTS) is 1. The Balaban J connectivity index is 2.39. The second-order valence-corrected chi connectivity index (χ2v) is 4.93. The van der Waals surface area contributed by atoms with E-state index in [4.69, 9.17) is 5.11 Å². The van der Waals surface area contributed by atoms with E-state index in [-0.39, 0.29) is 12.2 Å². The van der Waals surface area contributed by atoms with Crippen molar-refractivity contribution in [1.29, 1.82) is 0 Å². The Morgan fingerprint density at radius 2 is 2.26 bits per heavy atom. The summed E-state index contributed by atoms with van der Waals surface area (Å²) in [4.78, 5) is 10.6. The molecule has 0 saturated carbocycles. The molecule has 6 heteroatoms. The van der Waals surface area contributed by atoms with Gasteiger partial charge in [-0.3, -0.25) is 9.48 Å². The molecule has 1 N–H and O–H groups in total. The quantitative estimate of drug-likeness (QED) is 0.939. The van der Waals surface area contributed by atoms with Gasteiger partial charge in [-0.15, -0.1) is 0 Å². The van der Waals surface area contributed by atoms with Crippen molar-refractivity contribution < 1.29 is 14.3 Å². The fraction of sp³-hybridized carbons (Fsp3) is 0.231. The van der Waals surface area contributed by atoms with E-state index in [9.17, 15) is 9.18 Å². The molecule has 100 valence electrons. The SMILES string of the molecule is Cn1nc(CCC(=O)O)c(Br)c1-c1cccc(F)c1. The number of carbonyl (C=O) groups is 1. The highest BCUT2D eigenvalue weighted by Gasteiger charge is 2.16. The fourth-order valence-corrected chi connectivity index (χ4v) is 2.65. The highest BCUT2D eigenvalue weighted by molar-refractivity contribution is 9.10. The van der Waals surface area contributed by atoms with Crippen LogP contribution in [0.4, 0.5) is 4.39 Å². The monoisotopic (exact) mass is 326 g/mol. The summed E-state index contributed by atoms with van der Waals surface area (Å²) in [6, 6.07) is 6.20. The Labute approximate surface area is 118 Å². The summed E-state index contributed by atoms with van der Waals surface area (Å²) < 4.78 is 15.6. The highest BCUT2D eigenvalue weighted by atomic mass is 79.9.